The summed E-state index contributed by atoms with van der Waals surface area (Å²) in [6, 6.07) is 6.33. The van der Waals surface area contributed by atoms with E-state index in [9.17, 15) is 22.0 Å². The van der Waals surface area contributed by atoms with Crippen molar-refractivity contribution in [2.75, 3.05) is 23.5 Å². The van der Waals surface area contributed by atoms with Crippen molar-refractivity contribution >= 4 is 44.1 Å². The van der Waals surface area contributed by atoms with E-state index in [0.717, 1.165) is 37.6 Å². The highest BCUT2D eigenvalue weighted by Gasteiger charge is 2.32. The van der Waals surface area contributed by atoms with Crippen LogP contribution >= 0.6 is 0 Å². The summed E-state index contributed by atoms with van der Waals surface area (Å²) in [5.41, 5.74) is 2.01. The molecule has 0 spiro atoms. The fourth-order valence-electron chi connectivity index (χ4n) is 5.28. The second kappa shape index (κ2) is 10.7. The van der Waals surface area contributed by atoms with Gasteiger partial charge in [-0.25, -0.2) is 32.2 Å². The predicted octanol–water partition coefficient (Wildman–Crippen LogP) is 5.27. The number of benzene rings is 1. The number of aromatic nitrogens is 5. The summed E-state index contributed by atoms with van der Waals surface area (Å²) in [5.74, 6) is -0.120. The van der Waals surface area contributed by atoms with Crippen molar-refractivity contribution in [3.05, 3.63) is 42.0 Å². The normalized spacial score (nSPS) is 17.6. The number of nitrogens with zero attached hydrogens (tertiary/aromatic N) is 5. The zero-order chi connectivity index (χ0) is 29.8. The molecule has 4 aromatic rings. The molecule has 2 N–H and O–H groups in total. The Kier molecular flexibility index (Phi) is 7.21. The lowest BCUT2D eigenvalue weighted by Gasteiger charge is -2.25. The van der Waals surface area contributed by atoms with Gasteiger partial charge in [0.2, 0.25) is 5.91 Å². The minimum atomic E-state index is -3.76. The number of nitrogens with one attached hydrogen (secondary N) is 2. The first kappa shape index (κ1) is 28.2. The van der Waals surface area contributed by atoms with E-state index < -0.39 is 28.3 Å². The number of ether oxygens (including phenoxy) is 1. The number of amides is 1. The van der Waals surface area contributed by atoms with Gasteiger partial charge in [0.15, 0.2) is 21.3 Å². The number of halogens is 2. The zero-order valence-corrected chi connectivity index (χ0v) is 24.2. The molecule has 2 fully saturated rings. The Balaban J connectivity index is 1.50. The van der Waals surface area contributed by atoms with Gasteiger partial charge in [-0.3, -0.25) is 9.36 Å². The third-order valence-corrected chi connectivity index (χ3v) is 8.56. The average molecular weight is 600 g/mol. The van der Waals surface area contributed by atoms with Crippen LogP contribution in [0.4, 0.5) is 26.0 Å². The quantitative estimate of drug-likeness (QED) is 0.280. The maximum Gasteiger partial charge on any atom is 0.295 e. The first-order chi connectivity index (χ1) is 20.0. The third kappa shape index (κ3) is 5.48. The van der Waals surface area contributed by atoms with Crippen LogP contribution in [0.2, 0.25) is 0 Å². The maximum absolute atomic E-state index is 14.3. The minimum Gasteiger partial charge on any atom is -0.358 e. The lowest BCUT2D eigenvalue weighted by atomic mass is 10.2. The molecule has 3 aromatic heterocycles. The van der Waals surface area contributed by atoms with Crippen molar-refractivity contribution in [1.29, 1.82) is 0 Å². The fourth-order valence-corrected chi connectivity index (χ4v) is 6.14. The molecule has 1 amide bonds. The van der Waals surface area contributed by atoms with E-state index in [1.165, 1.54) is 16.7 Å². The smallest absolute Gasteiger partial charge is 0.295 e. The number of anilines is 3. The van der Waals surface area contributed by atoms with Crippen LogP contribution in [0.25, 0.3) is 22.6 Å². The van der Waals surface area contributed by atoms with Crippen LogP contribution in [0.3, 0.4) is 0 Å². The number of alkyl halides is 2. The molecular formula is C28H31F2N7O4S. The van der Waals surface area contributed by atoms with Gasteiger partial charge in [-0.2, -0.15) is 0 Å². The molecule has 6 rings (SSSR count). The van der Waals surface area contributed by atoms with E-state index in [2.05, 4.69) is 25.6 Å². The van der Waals surface area contributed by atoms with Crippen molar-refractivity contribution in [1.82, 2.24) is 24.1 Å². The summed E-state index contributed by atoms with van der Waals surface area (Å²) in [6.07, 6.45) is 2.94. The van der Waals surface area contributed by atoms with E-state index >= 15 is 0 Å². The Labute approximate surface area is 241 Å². The molecule has 222 valence electrons. The number of fused-ring (bicyclic) bond motifs is 1. The number of carbonyl (C=O) groups is 1. The number of sulfone groups is 1. The number of pyridine rings is 1. The molecule has 1 unspecified atom stereocenters. The molecule has 11 nitrogen and oxygen atoms in total. The van der Waals surface area contributed by atoms with E-state index in [1.54, 1.807) is 16.7 Å². The molecule has 1 aliphatic carbocycles. The van der Waals surface area contributed by atoms with Crippen LogP contribution in [0, 0.1) is 12.8 Å². The summed E-state index contributed by atoms with van der Waals surface area (Å²) in [7, 11) is -1.94. The Bertz CT molecular complexity index is 1790. The first-order valence-corrected chi connectivity index (χ1v) is 15.6. The van der Waals surface area contributed by atoms with Crippen molar-refractivity contribution in [3.8, 4) is 11.4 Å². The summed E-state index contributed by atoms with van der Waals surface area (Å²) in [5, 5.41) is 5.89. The molecule has 0 radical (unpaired) electrons. The highest BCUT2D eigenvalue weighted by molar-refractivity contribution is 7.90. The van der Waals surface area contributed by atoms with E-state index in [0.29, 0.717) is 24.4 Å². The number of carbonyl (C=O) groups excluding carboxylic acids is 1. The van der Waals surface area contributed by atoms with Crippen molar-refractivity contribution < 1.29 is 26.7 Å². The number of hydrogen-bond donors (Lipinski definition) is 2. The minimum absolute atomic E-state index is 0.0155. The predicted molar refractivity (Wildman–Crippen MR) is 152 cm³/mol. The van der Waals surface area contributed by atoms with Gasteiger partial charge in [0.25, 0.3) is 6.43 Å². The number of aryl methyl sites for hydroxylation is 2. The highest BCUT2D eigenvalue weighted by Crippen LogP contribution is 2.38. The lowest BCUT2D eigenvalue weighted by molar-refractivity contribution is -0.117. The van der Waals surface area contributed by atoms with Gasteiger partial charge in [-0.15, -0.1) is 0 Å². The van der Waals surface area contributed by atoms with Crippen LogP contribution in [0.15, 0.2) is 35.4 Å². The van der Waals surface area contributed by atoms with Crippen LogP contribution < -0.4 is 10.6 Å². The molecule has 1 saturated carbocycles. The summed E-state index contributed by atoms with van der Waals surface area (Å²) >= 11 is 0. The molecule has 1 atom stereocenters. The summed E-state index contributed by atoms with van der Waals surface area (Å²) in [6.45, 7) is 2.26. The SMILES string of the molecule is Cc1cn(C)c(-c2ccc(Nc3cc(NC(=O)C4CC4)nc4c3nc(C(F)F)n4C3CCCCO3)c(S(C)(=O)=O)c2)n1. The molecular weight excluding hydrogens is 568 g/mol. The Morgan fingerprint density at radius 2 is 1.88 bits per heavy atom. The van der Waals surface area contributed by atoms with Crippen molar-refractivity contribution in [2.45, 2.75) is 56.6 Å². The first-order valence-electron chi connectivity index (χ1n) is 13.7. The number of hydrogen-bond acceptors (Lipinski definition) is 8. The second-order valence-electron chi connectivity index (χ2n) is 10.9. The van der Waals surface area contributed by atoms with E-state index in [1.807, 2.05) is 20.2 Å². The molecule has 14 heteroatoms. The number of rotatable bonds is 8. The van der Waals surface area contributed by atoms with E-state index in [4.69, 9.17) is 4.74 Å². The second-order valence-corrected chi connectivity index (χ2v) is 12.9. The topological polar surface area (TPSA) is 133 Å². The standard InChI is InChI=1S/C28H31F2N7O4S/c1-15-14-36(2)25(31-15)17-9-10-18(20(12-17)42(3,39)40)32-19-13-21(34-28(38)16-7-8-16)33-26-23(19)35-27(24(29)30)37(26)22-6-4-5-11-41-22/h9-10,12-14,16,22,24H,4-8,11H2,1-3H3,(H2,32,33,34,38). The maximum atomic E-state index is 14.3. The molecule has 1 aliphatic heterocycles. The van der Waals surface area contributed by atoms with Crippen LogP contribution in [-0.2, 0) is 26.4 Å². The average Bonchev–Trinajstić information content (AvgIpc) is 3.64. The Morgan fingerprint density at radius 3 is 2.50 bits per heavy atom. The molecule has 42 heavy (non-hydrogen) atoms. The number of imidazole rings is 2. The van der Waals surface area contributed by atoms with Gasteiger partial charge in [0, 0.05) is 43.7 Å². The van der Waals surface area contributed by atoms with Gasteiger partial charge < -0.3 is 19.9 Å². The third-order valence-electron chi connectivity index (χ3n) is 7.42. The lowest BCUT2D eigenvalue weighted by Crippen LogP contribution is -2.21. The van der Waals surface area contributed by atoms with Crippen LogP contribution in [0.1, 0.15) is 56.3 Å². The zero-order valence-electron chi connectivity index (χ0n) is 23.4. The molecule has 0 bridgehead atoms. The molecule has 4 heterocycles. The van der Waals surface area contributed by atoms with Gasteiger partial charge in [0.1, 0.15) is 23.4 Å². The molecule has 1 saturated heterocycles. The van der Waals surface area contributed by atoms with Gasteiger partial charge in [0.05, 0.1) is 22.0 Å². The molecule has 1 aromatic carbocycles. The summed E-state index contributed by atoms with van der Waals surface area (Å²) in [4.78, 5) is 25.9. The van der Waals surface area contributed by atoms with E-state index in [-0.39, 0.29) is 45.1 Å². The fraction of sp³-hybridized carbons (Fsp3) is 0.429. The van der Waals surface area contributed by atoms with Crippen LogP contribution in [-0.4, -0.2) is 51.3 Å². The monoisotopic (exact) mass is 599 g/mol. The van der Waals surface area contributed by atoms with Crippen LogP contribution in [0.5, 0.6) is 0 Å². The summed E-state index contributed by atoms with van der Waals surface area (Å²) < 4.78 is 63.5. The van der Waals surface area contributed by atoms with Gasteiger partial charge in [-0.05, 0) is 57.2 Å². The Morgan fingerprint density at radius 1 is 1.10 bits per heavy atom. The van der Waals surface area contributed by atoms with Crippen molar-refractivity contribution in [3.63, 3.8) is 0 Å². The highest BCUT2D eigenvalue weighted by atomic mass is 32.2. The largest absolute Gasteiger partial charge is 0.358 e. The van der Waals surface area contributed by atoms with Crippen molar-refractivity contribution in [2.24, 2.45) is 13.0 Å². The molecule has 2 aliphatic rings. The Hall–Kier alpha value is -3.91. The van der Waals surface area contributed by atoms with Gasteiger partial charge >= 0.3 is 0 Å². The van der Waals surface area contributed by atoms with Gasteiger partial charge in [-0.1, -0.05) is 0 Å².